The fourth-order valence-corrected chi connectivity index (χ4v) is 3.80. The summed E-state index contributed by atoms with van der Waals surface area (Å²) in [6.07, 6.45) is 7.61. The summed E-state index contributed by atoms with van der Waals surface area (Å²) in [4.78, 5) is 0. The number of benzene rings is 2. The van der Waals surface area contributed by atoms with Gasteiger partial charge in [-0.1, -0.05) is 0 Å². The fraction of sp³-hybridized carbons (Fsp3) is 0.125. The van der Waals surface area contributed by atoms with Crippen molar-refractivity contribution in [2.75, 3.05) is 7.11 Å². The summed E-state index contributed by atoms with van der Waals surface area (Å²) in [7, 11) is 1.81. The van der Waals surface area contributed by atoms with Gasteiger partial charge in [0.15, 0.2) is 0 Å². The van der Waals surface area contributed by atoms with Gasteiger partial charge >= 0.3 is 117 Å². The maximum absolute atomic E-state index is 5.51. The zero-order valence-electron chi connectivity index (χ0n) is 11.1. The molecule has 3 rings (SSSR count). The Morgan fingerprint density at radius 3 is 2.55 bits per heavy atom. The Morgan fingerprint density at radius 2 is 1.85 bits per heavy atom. The molecule has 0 aromatic heterocycles. The summed E-state index contributed by atoms with van der Waals surface area (Å²) in [5.74, 6) is 0. The molecule has 20 heavy (non-hydrogen) atoms. The number of fused-ring (bicyclic) bond motifs is 1. The van der Waals surface area contributed by atoms with Gasteiger partial charge in [-0.2, -0.15) is 0 Å². The van der Waals surface area contributed by atoms with Crippen molar-refractivity contribution in [2.24, 2.45) is 0 Å². The molecule has 0 saturated heterocycles. The predicted octanol–water partition coefficient (Wildman–Crippen LogP) is -2.54. The van der Waals surface area contributed by atoms with Gasteiger partial charge in [-0.3, -0.25) is 0 Å². The van der Waals surface area contributed by atoms with Crippen molar-refractivity contribution in [1.29, 1.82) is 0 Å². The standard InChI is InChI=1S/C15H11.CH3O.2ClH.Ti/c1-2-6-12(5-1)15-10-9-13-7-3-4-8-14(13)11-15;1-2;;;/h1-5,7-10H,6H2;1H3;2*1H;/q;-1;;;+3/p-2. The molecule has 0 radical (unpaired) electrons. The van der Waals surface area contributed by atoms with Crippen LogP contribution in [0.3, 0.4) is 0 Å². The zero-order valence-corrected chi connectivity index (χ0v) is 14.1. The van der Waals surface area contributed by atoms with Crippen molar-refractivity contribution in [3.8, 4) is 0 Å². The van der Waals surface area contributed by atoms with E-state index in [9.17, 15) is 0 Å². The summed E-state index contributed by atoms with van der Waals surface area (Å²) in [6.45, 7) is 0. The second kappa shape index (κ2) is 8.02. The molecule has 1 aliphatic carbocycles. The SMILES string of the molecule is C[O][Ti+2][c]1c(C2=CC=CC2)ccc2ccccc12.[Cl-].[Cl-]. The Kier molecular flexibility index (Phi) is 7.01. The number of hydrogen-bond donors (Lipinski definition) is 0. The van der Waals surface area contributed by atoms with Crippen LogP contribution in [0, 0.1) is 0 Å². The molecule has 0 atom stereocenters. The average Bonchev–Trinajstić information content (AvgIpc) is 2.93. The Balaban J connectivity index is 0.000001000. The molecule has 0 saturated carbocycles. The summed E-state index contributed by atoms with van der Waals surface area (Å²) in [5.41, 5.74) is 2.79. The molecule has 4 heteroatoms. The molecular formula is C16H14Cl2OTi. The van der Waals surface area contributed by atoms with Crippen LogP contribution in [0.15, 0.2) is 54.6 Å². The van der Waals surface area contributed by atoms with Crippen molar-refractivity contribution in [2.45, 2.75) is 6.42 Å². The van der Waals surface area contributed by atoms with E-state index in [-0.39, 0.29) is 24.8 Å². The quantitative estimate of drug-likeness (QED) is 0.560. The van der Waals surface area contributed by atoms with Gasteiger partial charge in [-0.15, -0.1) is 0 Å². The van der Waals surface area contributed by atoms with Crippen LogP contribution in [0.4, 0.5) is 0 Å². The van der Waals surface area contributed by atoms with Crippen LogP contribution < -0.4 is 28.7 Å². The summed E-state index contributed by atoms with van der Waals surface area (Å²) in [6, 6.07) is 13.0. The third-order valence-electron chi connectivity index (χ3n) is 3.25. The van der Waals surface area contributed by atoms with Crippen molar-refractivity contribution in [3.63, 3.8) is 0 Å². The first-order chi connectivity index (χ1) is 8.90. The van der Waals surface area contributed by atoms with Crippen molar-refractivity contribution < 1.29 is 47.7 Å². The molecule has 0 spiro atoms. The van der Waals surface area contributed by atoms with Crippen molar-refractivity contribution in [3.05, 3.63) is 60.2 Å². The Labute approximate surface area is 141 Å². The van der Waals surface area contributed by atoms with Crippen molar-refractivity contribution >= 4 is 20.2 Å². The van der Waals surface area contributed by atoms with E-state index < -0.39 is 19.5 Å². The van der Waals surface area contributed by atoms with Gasteiger partial charge in [0.25, 0.3) is 0 Å². The summed E-state index contributed by atoms with van der Waals surface area (Å²) in [5, 5.41) is 2.66. The maximum atomic E-state index is 5.51. The van der Waals surface area contributed by atoms with Gasteiger partial charge in [0.1, 0.15) is 0 Å². The number of halogens is 2. The first-order valence-corrected chi connectivity index (χ1v) is 7.49. The third kappa shape index (κ3) is 3.36. The largest absolute Gasteiger partial charge is 1.00 e. The van der Waals surface area contributed by atoms with E-state index in [4.69, 9.17) is 3.32 Å². The molecule has 0 aliphatic heterocycles. The van der Waals surface area contributed by atoms with Crippen LogP contribution in [0.1, 0.15) is 12.0 Å². The van der Waals surface area contributed by atoms with Crippen LogP contribution in [0.5, 0.6) is 0 Å². The van der Waals surface area contributed by atoms with Crippen LogP contribution in [0.25, 0.3) is 16.3 Å². The van der Waals surface area contributed by atoms with Gasteiger partial charge in [-0.25, -0.2) is 0 Å². The van der Waals surface area contributed by atoms with E-state index in [1.165, 1.54) is 25.8 Å². The van der Waals surface area contributed by atoms with Gasteiger partial charge in [0, 0.05) is 0 Å². The van der Waals surface area contributed by atoms with E-state index in [2.05, 4.69) is 54.6 Å². The Hall–Kier alpha value is -0.566. The number of rotatable bonds is 3. The average molecular weight is 341 g/mol. The molecule has 2 aromatic rings. The second-order valence-electron chi connectivity index (χ2n) is 4.34. The first kappa shape index (κ1) is 17.5. The molecule has 0 fully saturated rings. The molecule has 0 amide bonds. The van der Waals surface area contributed by atoms with E-state index in [1.807, 2.05) is 7.11 Å². The molecule has 1 nitrogen and oxygen atoms in total. The van der Waals surface area contributed by atoms with E-state index in [0.29, 0.717) is 0 Å². The van der Waals surface area contributed by atoms with Gasteiger partial charge in [0.2, 0.25) is 0 Å². The molecule has 102 valence electrons. The first-order valence-electron chi connectivity index (χ1n) is 6.07. The van der Waals surface area contributed by atoms with Crippen LogP contribution in [-0.2, 0) is 22.9 Å². The van der Waals surface area contributed by atoms with Crippen molar-refractivity contribution in [1.82, 2.24) is 0 Å². The normalized spacial score (nSPS) is 12.3. The molecule has 0 heterocycles. The third-order valence-corrected chi connectivity index (χ3v) is 4.73. The van der Waals surface area contributed by atoms with E-state index in [0.717, 1.165) is 6.42 Å². The fourth-order valence-electron chi connectivity index (χ4n) is 2.40. The van der Waals surface area contributed by atoms with Gasteiger partial charge in [-0.05, 0) is 0 Å². The molecular weight excluding hydrogens is 327 g/mol. The second-order valence-corrected chi connectivity index (χ2v) is 6.08. The molecule has 0 unspecified atom stereocenters. The molecule has 0 bridgehead atoms. The van der Waals surface area contributed by atoms with Gasteiger partial charge in [0.05, 0.1) is 0 Å². The minimum absolute atomic E-state index is 0. The Bertz CT molecular complexity index is 650. The number of allylic oxidation sites excluding steroid dienone is 4. The smallest absolute Gasteiger partial charge is 1.00 e. The van der Waals surface area contributed by atoms with E-state index >= 15 is 0 Å². The monoisotopic (exact) mass is 340 g/mol. The van der Waals surface area contributed by atoms with Crippen LogP contribution >= 0.6 is 0 Å². The minimum atomic E-state index is -0.523. The summed E-state index contributed by atoms with van der Waals surface area (Å²) >= 11 is -0.523. The van der Waals surface area contributed by atoms with Crippen LogP contribution in [0.2, 0.25) is 0 Å². The zero-order chi connectivity index (χ0) is 12.4. The Morgan fingerprint density at radius 1 is 1.05 bits per heavy atom. The molecule has 0 N–H and O–H groups in total. The maximum Gasteiger partial charge on any atom is -1.00 e. The minimum Gasteiger partial charge on any atom is -1.00 e. The van der Waals surface area contributed by atoms with Gasteiger partial charge < -0.3 is 24.8 Å². The van der Waals surface area contributed by atoms with E-state index in [1.54, 1.807) is 0 Å². The molecule has 1 aliphatic rings. The predicted molar refractivity (Wildman–Crippen MR) is 72.3 cm³/mol. The number of hydrogen-bond acceptors (Lipinski definition) is 1. The molecule has 2 aromatic carbocycles. The van der Waals surface area contributed by atoms with Crippen LogP contribution in [-0.4, -0.2) is 7.11 Å². The summed E-state index contributed by atoms with van der Waals surface area (Å²) < 4.78 is 6.94. The topological polar surface area (TPSA) is 9.23 Å².